The van der Waals surface area contributed by atoms with Gasteiger partial charge in [0.15, 0.2) is 8.32 Å². The van der Waals surface area contributed by atoms with Gasteiger partial charge < -0.3 is 28.2 Å². The molecule has 0 bridgehead atoms. The molecule has 0 spiro atoms. The molecule has 0 radical (unpaired) electrons. The summed E-state index contributed by atoms with van der Waals surface area (Å²) in [6, 6.07) is 17.3. The molecule has 4 rings (SSSR count). The Morgan fingerprint density at radius 2 is 1.69 bits per heavy atom. The molecule has 7 nitrogen and oxygen atoms in total. The second-order valence-electron chi connectivity index (χ2n) is 17.1. The maximum Gasteiger partial charge on any atom is 0.336 e. The van der Waals surface area contributed by atoms with Crippen LogP contribution in [0.15, 0.2) is 93.7 Å². The van der Waals surface area contributed by atoms with Crippen LogP contribution in [0.1, 0.15) is 79.4 Å². The molecule has 1 N–H and O–H groups in total. The number of ether oxygens (including phenoxy) is 4. The normalized spacial score (nSPS) is 22.7. The van der Waals surface area contributed by atoms with Gasteiger partial charge in [-0.15, -0.1) is 0 Å². The molecule has 3 aromatic rings. The SMILES string of the molecule is CC/C=C\C(C)[C@H](OCc1ccc(OC)cc1)[C@@H](C)[C@@H]1C(C(C)(C)[Si](C)(C)O)[C@H]([C@@H](OCOC)C(C)/C=C\c2ccc3oc(=O)ccc3c2)C=C(C)C[C@@H]1C. The van der Waals surface area contributed by atoms with E-state index in [1.54, 1.807) is 20.3 Å². The lowest BCUT2D eigenvalue weighted by Gasteiger charge is -2.53. The lowest BCUT2D eigenvalue weighted by molar-refractivity contribution is -0.120. The van der Waals surface area contributed by atoms with Crippen molar-refractivity contribution in [3.8, 4) is 5.75 Å². The minimum atomic E-state index is -2.78. The van der Waals surface area contributed by atoms with Gasteiger partial charge in [-0.1, -0.05) is 103 Å². The Hall–Kier alpha value is -3.27. The van der Waals surface area contributed by atoms with Crippen molar-refractivity contribution in [3.05, 3.63) is 106 Å². The maximum atomic E-state index is 12.2. The van der Waals surface area contributed by atoms with Gasteiger partial charge in [-0.3, -0.25) is 0 Å². The predicted octanol–water partition coefficient (Wildman–Crippen LogP) is 11.1. The van der Waals surface area contributed by atoms with Gasteiger partial charge >= 0.3 is 5.63 Å². The van der Waals surface area contributed by atoms with E-state index >= 15 is 0 Å². The smallest absolute Gasteiger partial charge is 0.336 e. The van der Waals surface area contributed by atoms with Gasteiger partial charge in [-0.25, -0.2) is 4.79 Å². The summed E-state index contributed by atoms with van der Waals surface area (Å²) in [7, 11) is 0.577. The fourth-order valence-corrected chi connectivity index (χ4v) is 10.2. The summed E-state index contributed by atoms with van der Waals surface area (Å²) in [4.78, 5) is 24.0. The highest BCUT2D eigenvalue weighted by Gasteiger charge is 2.55. The van der Waals surface area contributed by atoms with E-state index in [4.69, 9.17) is 23.4 Å². The third-order valence-corrected chi connectivity index (χ3v) is 15.9. The van der Waals surface area contributed by atoms with Gasteiger partial charge in [-0.2, -0.15) is 0 Å². The summed E-state index contributed by atoms with van der Waals surface area (Å²) in [5.74, 6) is 1.73. The van der Waals surface area contributed by atoms with E-state index in [-0.39, 0.29) is 60.1 Å². The van der Waals surface area contributed by atoms with Crippen molar-refractivity contribution in [2.45, 2.75) is 105 Å². The number of fused-ring (bicyclic) bond motifs is 1. The highest BCUT2D eigenvalue weighted by atomic mass is 28.4. The van der Waals surface area contributed by atoms with Crippen LogP contribution in [0.5, 0.6) is 5.75 Å². The maximum absolute atomic E-state index is 12.2. The van der Waals surface area contributed by atoms with Crippen molar-refractivity contribution in [2.24, 2.45) is 41.4 Å². The Labute approximate surface area is 331 Å². The molecule has 1 aromatic heterocycles. The van der Waals surface area contributed by atoms with E-state index in [0.717, 1.165) is 35.1 Å². The summed E-state index contributed by atoms with van der Waals surface area (Å²) >= 11 is 0. The van der Waals surface area contributed by atoms with Gasteiger partial charge in [-0.05, 0) is 103 Å². The minimum Gasteiger partial charge on any atom is -0.497 e. The molecular weight excluding hydrogens is 705 g/mol. The third-order valence-electron chi connectivity index (χ3n) is 12.4. The van der Waals surface area contributed by atoms with Crippen molar-refractivity contribution in [2.75, 3.05) is 21.0 Å². The monoisotopic (exact) mass is 772 g/mol. The first kappa shape index (κ1) is 44.4. The van der Waals surface area contributed by atoms with Crippen LogP contribution in [0.25, 0.3) is 17.0 Å². The average Bonchev–Trinajstić information content (AvgIpc) is 3.27. The fraction of sp³-hybridized carbons (Fsp3) is 0.553. The van der Waals surface area contributed by atoms with Crippen LogP contribution in [0, 0.1) is 41.4 Å². The number of hydrogen-bond acceptors (Lipinski definition) is 7. The molecule has 1 aliphatic carbocycles. The number of hydrogen-bond donors (Lipinski definition) is 1. The summed E-state index contributed by atoms with van der Waals surface area (Å²) in [6.07, 6.45) is 13.0. The van der Waals surface area contributed by atoms with Gasteiger partial charge in [0.25, 0.3) is 0 Å². The molecule has 0 amide bonds. The lowest BCUT2D eigenvalue weighted by atomic mass is 9.61. The van der Waals surface area contributed by atoms with E-state index in [1.165, 1.54) is 11.6 Å². The van der Waals surface area contributed by atoms with E-state index < -0.39 is 13.4 Å². The standard InChI is InChI=1S/C47H68O7Si/c1-13-14-15-32(3)45(52-29-37-18-22-39(51-10)23-19-37)35(6)43-34(5)26-31(2)27-40(44(43)47(7,8)55(11,12)49)46(53-30-50-9)33(4)16-17-36-20-24-41-38(28-36)21-25-42(48)54-41/h14-25,27-28,32-35,40,43-46,49H,13,26,29-30H2,1-12H3/b15-14-,17-16-/t32?,33?,34-,35-,40+,43+,44?,45-,46-/m0/s1. The van der Waals surface area contributed by atoms with Crippen LogP contribution in [0.3, 0.4) is 0 Å². The molecule has 1 heterocycles. The first-order valence-corrected chi connectivity index (χ1v) is 23.1. The molecule has 0 fully saturated rings. The van der Waals surface area contributed by atoms with Crippen LogP contribution in [-0.4, -0.2) is 46.3 Å². The molecule has 302 valence electrons. The van der Waals surface area contributed by atoms with Gasteiger partial charge in [0.1, 0.15) is 18.1 Å². The fourth-order valence-electron chi connectivity index (χ4n) is 8.97. The molecule has 55 heavy (non-hydrogen) atoms. The molecule has 0 saturated carbocycles. The Morgan fingerprint density at radius 3 is 2.33 bits per heavy atom. The average molecular weight is 773 g/mol. The van der Waals surface area contributed by atoms with Crippen LogP contribution < -0.4 is 10.4 Å². The quantitative estimate of drug-likeness (QED) is 0.0596. The van der Waals surface area contributed by atoms with Crippen molar-refractivity contribution in [3.63, 3.8) is 0 Å². The van der Waals surface area contributed by atoms with E-state index in [9.17, 15) is 9.59 Å². The highest BCUT2D eigenvalue weighted by Crippen LogP contribution is 2.58. The van der Waals surface area contributed by atoms with Crippen molar-refractivity contribution < 1.29 is 28.2 Å². The summed E-state index contributed by atoms with van der Waals surface area (Å²) < 4.78 is 30.2. The lowest BCUT2D eigenvalue weighted by Crippen LogP contribution is -2.54. The summed E-state index contributed by atoms with van der Waals surface area (Å²) in [5, 5.41) is 0.480. The molecule has 3 unspecified atom stereocenters. The number of methoxy groups -OCH3 is 2. The summed E-state index contributed by atoms with van der Waals surface area (Å²) in [6.45, 7) is 23.2. The Kier molecular flexibility index (Phi) is 15.9. The zero-order chi connectivity index (χ0) is 40.5. The molecule has 2 aromatic carbocycles. The Bertz CT molecular complexity index is 1800. The topological polar surface area (TPSA) is 87.4 Å². The Balaban J connectivity index is 1.81. The van der Waals surface area contributed by atoms with E-state index in [0.29, 0.717) is 18.1 Å². The van der Waals surface area contributed by atoms with Crippen LogP contribution in [0.4, 0.5) is 0 Å². The Morgan fingerprint density at radius 1 is 0.982 bits per heavy atom. The number of benzene rings is 2. The van der Waals surface area contributed by atoms with Gasteiger partial charge in [0.2, 0.25) is 0 Å². The number of allylic oxidation sites excluding steroid dienone is 2. The molecular formula is C47H68O7Si. The van der Waals surface area contributed by atoms with Crippen molar-refractivity contribution >= 4 is 25.4 Å². The first-order valence-electron chi connectivity index (χ1n) is 20.2. The van der Waals surface area contributed by atoms with Gasteiger partial charge in [0.05, 0.1) is 25.9 Å². The zero-order valence-corrected chi connectivity index (χ0v) is 36.5. The third kappa shape index (κ3) is 11.2. The summed E-state index contributed by atoms with van der Waals surface area (Å²) in [5.41, 5.74) is 3.68. The largest absolute Gasteiger partial charge is 0.497 e. The minimum absolute atomic E-state index is 0.00623. The van der Waals surface area contributed by atoms with Crippen LogP contribution in [0.2, 0.25) is 18.1 Å². The van der Waals surface area contributed by atoms with Crippen molar-refractivity contribution in [1.82, 2.24) is 0 Å². The van der Waals surface area contributed by atoms with E-state index in [1.807, 2.05) is 30.3 Å². The number of rotatable bonds is 18. The highest BCUT2D eigenvalue weighted by molar-refractivity contribution is 6.73. The molecule has 9 atom stereocenters. The van der Waals surface area contributed by atoms with Crippen LogP contribution in [-0.2, 0) is 20.8 Å². The molecule has 0 aliphatic heterocycles. The van der Waals surface area contributed by atoms with Gasteiger partial charge in [0, 0.05) is 36.3 Å². The molecule has 0 saturated heterocycles. The second-order valence-corrected chi connectivity index (χ2v) is 21.5. The van der Waals surface area contributed by atoms with E-state index in [2.05, 4.69) is 111 Å². The zero-order valence-electron chi connectivity index (χ0n) is 35.5. The van der Waals surface area contributed by atoms with Crippen molar-refractivity contribution in [1.29, 1.82) is 0 Å². The molecule has 1 aliphatic rings. The second kappa shape index (κ2) is 19.7. The predicted molar refractivity (Wildman–Crippen MR) is 229 cm³/mol. The first-order chi connectivity index (χ1) is 26.0. The van der Waals surface area contributed by atoms with Crippen LogP contribution >= 0.6 is 0 Å². The molecule has 8 heteroatoms.